The lowest BCUT2D eigenvalue weighted by Crippen LogP contribution is -2.30. The average Bonchev–Trinajstić information content (AvgIpc) is 2.91. The molecule has 1 atom stereocenters. The number of halogens is 1. The van der Waals surface area contributed by atoms with Crippen molar-refractivity contribution in [2.24, 2.45) is 0 Å². The number of nitrogen functional groups attached to an aromatic ring is 1. The minimum atomic E-state index is -0.909. The van der Waals surface area contributed by atoms with E-state index in [0.717, 1.165) is 6.42 Å². The highest BCUT2D eigenvalue weighted by Crippen LogP contribution is 2.29. The van der Waals surface area contributed by atoms with E-state index in [-0.39, 0.29) is 6.04 Å². The number of likely N-dealkylation sites (tertiary alicyclic amines) is 1. The maximum Gasteiger partial charge on any atom is 0.407 e. The molecule has 0 aromatic carbocycles. The summed E-state index contributed by atoms with van der Waals surface area (Å²) >= 11 is 5.93. The van der Waals surface area contributed by atoms with Gasteiger partial charge in [-0.25, -0.2) is 9.78 Å². The number of fused-ring (bicyclic) bond motifs is 1. The molecule has 3 heterocycles. The number of anilines is 2. The second-order valence-electron chi connectivity index (χ2n) is 4.95. The minimum Gasteiger partial charge on any atom is -0.465 e. The highest BCUT2D eigenvalue weighted by Gasteiger charge is 2.26. The van der Waals surface area contributed by atoms with Crippen LogP contribution in [0.2, 0.25) is 5.15 Å². The zero-order chi connectivity index (χ0) is 15.0. The summed E-state index contributed by atoms with van der Waals surface area (Å²) in [6, 6.07) is 3.43. The smallest absolute Gasteiger partial charge is 0.407 e. The van der Waals surface area contributed by atoms with Gasteiger partial charge in [-0.2, -0.15) is 0 Å². The molecule has 0 saturated carbocycles. The Hall–Kier alpha value is -2.28. The van der Waals surface area contributed by atoms with E-state index in [9.17, 15) is 4.79 Å². The lowest BCUT2D eigenvalue weighted by atomic mass is 10.2. The maximum absolute atomic E-state index is 11.0. The highest BCUT2D eigenvalue weighted by atomic mass is 35.5. The number of aromatic nitrogens is 2. The molecule has 110 valence electrons. The Balaban J connectivity index is 1.92. The molecule has 1 fully saturated rings. The van der Waals surface area contributed by atoms with Crippen LogP contribution in [-0.2, 0) is 0 Å². The molecule has 2 aromatic heterocycles. The molecule has 4 N–H and O–H groups in total. The van der Waals surface area contributed by atoms with Crippen LogP contribution >= 0.6 is 11.6 Å². The Morgan fingerprint density at radius 3 is 3.05 bits per heavy atom. The lowest BCUT2D eigenvalue weighted by molar-refractivity contribution is 0.155. The zero-order valence-corrected chi connectivity index (χ0v) is 11.8. The van der Waals surface area contributed by atoms with Crippen molar-refractivity contribution in [1.29, 1.82) is 0 Å². The topological polar surface area (TPSA) is 104 Å². The van der Waals surface area contributed by atoms with E-state index < -0.39 is 6.09 Å². The Labute approximate surface area is 125 Å². The van der Waals surface area contributed by atoms with Crippen LogP contribution in [0, 0.1) is 0 Å². The van der Waals surface area contributed by atoms with Crippen LogP contribution in [-0.4, -0.2) is 45.2 Å². The van der Waals surface area contributed by atoms with Crippen molar-refractivity contribution in [3.63, 3.8) is 0 Å². The highest BCUT2D eigenvalue weighted by molar-refractivity contribution is 6.29. The summed E-state index contributed by atoms with van der Waals surface area (Å²) in [7, 11) is 0. The first-order valence-corrected chi connectivity index (χ1v) is 6.87. The second kappa shape index (κ2) is 5.25. The summed E-state index contributed by atoms with van der Waals surface area (Å²) in [5, 5.41) is 12.6. The number of carbonyl (C=O) groups is 1. The van der Waals surface area contributed by atoms with Gasteiger partial charge in [-0.05, 0) is 18.6 Å². The fourth-order valence-corrected chi connectivity index (χ4v) is 2.61. The molecule has 0 aliphatic carbocycles. The van der Waals surface area contributed by atoms with Crippen LogP contribution in [0.5, 0.6) is 0 Å². The van der Waals surface area contributed by atoms with Gasteiger partial charge in [0.25, 0.3) is 0 Å². The van der Waals surface area contributed by atoms with E-state index in [1.807, 2.05) is 0 Å². The van der Waals surface area contributed by atoms with Gasteiger partial charge in [0.15, 0.2) is 0 Å². The summed E-state index contributed by atoms with van der Waals surface area (Å²) in [4.78, 5) is 20.8. The molecular formula is C13H14ClN5O2. The number of nitrogens with one attached hydrogen (secondary N) is 1. The van der Waals surface area contributed by atoms with Gasteiger partial charge >= 0.3 is 6.09 Å². The van der Waals surface area contributed by atoms with Crippen molar-refractivity contribution in [3.05, 3.63) is 23.5 Å². The first-order valence-electron chi connectivity index (χ1n) is 6.50. The van der Waals surface area contributed by atoms with E-state index in [4.69, 9.17) is 22.4 Å². The van der Waals surface area contributed by atoms with Gasteiger partial charge in [-0.15, -0.1) is 0 Å². The van der Waals surface area contributed by atoms with Gasteiger partial charge in [-0.1, -0.05) is 11.6 Å². The van der Waals surface area contributed by atoms with Crippen LogP contribution in [0.15, 0.2) is 18.3 Å². The van der Waals surface area contributed by atoms with Crippen LogP contribution in [0.3, 0.4) is 0 Å². The normalized spacial score (nSPS) is 18.1. The molecular weight excluding hydrogens is 294 g/mol. The molecule has 2 aromatic rings. The van der Waals surface area contributed by atoms with Gasteiger partial charge in [0, 0.05) is 19.1 Å². The van der Waals surface area contributed by atoms with E-state index in [1.54, 1.807) is 18.3 Å². The first kappa shape index (κ1) is 13.7. The SMILES string of the molecule is Nc1cnc2ccc(Cl)nc2c1NC1CCN(C(=O)O)C1. The predicted molar refractivity (Wildman–Crippen MR) is 80.6 cm³/mol. The number of rotatable bonds is 2. The lowest BCUT2D eigenvalue weighted by Gasteiger charge is -2.17. The third kappa shape index (κ3) is 2.64. The van der Waals surface area contributed by atoms with Gasteiger partial charge < -0.3 is 21.1 Å². The third-order valence-corrected chi connectivity index (χ3v) is 3.73. The third-order valence-electron chi connectivity index (χ3n) is 3.52. The van der Waals surface area contributed by atoms with Crippen molar-refractivity contribution in [2.75, 3.05) is 24.1 Å². The molecule has 0 radical (unpaired) electrons. The Bertz CT molecular complexity index is 703. The molecule has 21 heavy (non-hydrogen) atoms. The number of carboxylic acid groups (broad SMARTS) is 1. The number of nitrogens with two attached hydrogens (primary N) is 1. The molecule has 1 aliphatic rings. The van der Waals surface area contributed by atoms with Crippen molar-refractivity contribution < 1.29 is 9.90 Å². The largest absolute Gasteiger partial charge is 0.465 e. The summed E-state index contributed by atoms with van der Waals surface area (Å²) in [5.74, 6) is 0. The van der Waals surface area contributed by atoms with Crippen LogP contribution < -0.4 is 11.1 Å². The summed E-state index contributed by atoms with van der Waals surface area (Å²) in [6.07, 6.45) is 1.37. The fourth-order valence-electron chi connectivity index (χ4n) is 2.46. The predicted octanol–water partition coefficient (Wildman–Crippen LogP) is 2.03. The number of pyridine rings is 2. The number of amides is 1. The first-order chi connectivity index (χ1) is 10.0. The number of hydrogen-bond donors (Lipinski definition) is 3. The van der Waals surface area contributed by atoms with E-state index >= 15 is 0 Å². The van der Waals surface area contributed by atoms with E-state index in [0.29, 0.717) is 40.7 Å². The molecule has 3 rings (SSSR count). The number of nitrogens with zero attached hydrogens (tertiary/aromatic N) is 3. The Morgan fingerprint density at radius 2 is 2.33 bits per heavy atom. The van der Waals surface area contributed by atoms with Crippen molar-refractivity contribution in [1.82, 2.24) is 14.9 Å². The minimum absolute atomic E-state index is 0.00483. The molecule has 8 heteroatoms. The molecule has 1 amide bonds. The summed E-state index contributed by atoms with van der Waals surface area (Å²) in [6.45, 7) is 0.920. The van der Waals surface area contributed by atoms with Crippen LogP contribution in [0.1, 0.15) is 6.42 Å². The quantitative estimate of drug-likeness (QED) is 0.733. The van der Waals surface area contributed by atoms with Crippen molar-refractivity contribution in [3.8, 4) is 0 Å². The molecule has 1 unspecified atom stereocenters. The monoisotopic (exact) mass is 307 g/mol. The van der Waals surface area contributed by atoms with E-state index in [1.165, 1.54) is 4.90 Å². The Morgan fingerprint density at radius 1 is 1.52 bits per heavy atom. The van der Waals surface area contributed by atoms with Crippen LogP contribution in [0.25, 0.3) is 11.0 Å². The Kier molecular flexibility index (Phi) is 3.42. The summed E-state index contributed by atoms with van der Waals surface area (Å²) < 4.78 is 0. The van der Waals surface area contributed by atoms with Gasteiger partial charge in [0.05, 0.1) is 23.1 Å². The van der Waals surface area contributed by atoms with Gasteiger partial charge in [0.2, 0.25) is 0 Å². The number of hydrogen-bond acceptors (Lipinski definition) is 5. The van der Waals surface area contributed by atoms with Gasteiger partial charge in [0.1, 0.15) is 10.7 Å². The van der Waals surface area contributed by atoms with Crippen molar-refractivity contribution in [2.45, 2.75) is 12.5 Å². The van der Waals surface area contributed by atoms with Crippen LogP contribution in [0.4, 0.5) is 16.2 Å². The van der Waals surface area contributed by atoms with E-state index in [2.05, 4.69) is 15.3 Å². The molecule has 0 spiro atoms. The second-order valence-corrected chi connectivity index (χ2v) is 5.34. The standard InChI is InChI=1S/C13H14ClN5O2/c14-10-2-1-9-12(18-10)11(8(15)5-16-9)17-7-3-4-19(6-7)13(20)21/h1-2,5,7H,3-4,6,15H2,(H,16,17)(H,20,21). The summed E-state index contributed by atoms with van der Waals surface area (Å²) in [5.41, 5.74) is 8.37. The average molecular weight is 308 g/mol. The fraction of sp³-hybridized carbons (Fsp3) is 0.308. The maximum atomic E-state index is 11.0. The zero-order valence-electron chi connectivity index (χ0n) is 11.1. The molecule has 1 aliphatic heterocycles. The molecule has 0 bridgehead atoms. The molecule has 7 nitrogen and oxygen atoms in total. The van der Waals surface area contributed by atoms with Gasteiger partial charge in [-0.3, -0.25) is 4.98 Å². The van der Waals surface area contributed by atoms with Crippen molar-refractivity contribution >= 4 is 40.1 Å². The molecule has 1 saturated heterocycles.